The average Bonchev–Trinajstić information content (AvgIpc) is 3.22. The molecule has 7 heteroatoms. The number of hydrogen-bond donors (Lipinski definition) is 0. The largest absolute Gasteiger partial charge is 0.497 e. The Morgan fingerprint density at radius 1 is 1.10 bits per heavy atom. The number of carbonyl (C=O) groups is 1. The van der Waals surface area contributed by atoms with Crippen molar-refractivity contribution in [3.63, 3.8) is 0 Å². The molecular weight excluding hydrogens is 398 g/mol. The third kappa shape index (κ3) is 3.84. The number of benzene rings is 2. The molecule has 6 nitrogen and oxygen atoms in total. The highest BCUT2D eigenvalue weighted by Gasteiger charge is 2.25. The highest BCUT2D eigenvalue weighted by atomic mass is 32.1. The van der Waals surface area contributed by atoms with E-state index in [1.807, 2.05) is 37.3 Å². The van der Waals surface area contributed by atoms with Gasteiger partial charge in [-0.25, -0.2) is 4.98 Å². The van der Waals surface area contributed by atoms with Gasteiger partial charge >= 0.3 is 0 Å². The van der Waals surface area contributed by atoms with E-state index in [4.69, 9.17) is 14.5 Å². The number of fused-ring (bicyclic) bond motifs is 1. The molecule has 2 aromatic carbocycles. The van der Waals surface area contributed by atoms with Gasteiger partial charge in [0.25, 0.3) is 5.91 Å². The molecule has 2 heterocycles. The maximum absolute atomic E-state index is 13.7. The lowest BCUT2D eigenvalue weighted by Gasteiger charge is -2.21. The van der Waals surface area contributed by atoms with Crippen LogP contribution in [0.3, 0.4) is 0 Å². The molecule has 0 radical (unpaired) electrons. The lowest BCUT2D eigenvalue weighted by molar-refractivity contribution is 0.0982. The number of methoxy groups -OCH3 is 2. The molecule has 1 amide bonds. The summed E-state index contributed by atoms with van der Waals surface area (Å²) in [6.07, 6.45) is 3.46. The first kappa shape index (κ1) is 19.8. The number of para-hydroxylation sites is 1. The van der Waals surface area contributed by atoms with Gasteiger partial charge in [0.15, 0.2) is 5.13 Å². The Bertz CT molecular complexity index is 1190. The van der Waals surface area contributed by atoms with Crippen molar-refractivity contribution in [2.45, 2.75) is 13.5 Å². The van der Waals surface area contributed by atoms with Crippen LogP contribution in [0.2, 0.25) is 0 Å². The molecule has 0 spiro atoms. The number of aromatic nitrogens is 2. The number of amides is 1. The van der Waals surface area contributed by atoms with Crippen LogP contribution in [0, 0.1) is 6.92 Å². The van der Waals surface area contributed by atoms with Crippen LogP contribution in [0.1, 0.15) is 21.5 Å². The van der Waals surface area contributed by atoms with Crippen LogP contribution in [0.15, 0.2) is 60.9 Å². The van der Waals surface area contributed by atoms with E-state index in [1.54, 1.807) is 49.7 Å². The Hall–Kier alpha value is -3.45. The van der Waals surface area contributed by atoms with E-state index in [1.165, 1.54) is 11.3 Å². The van der Waals surface area contributed by atoms with Gasteiger partial charge in [0.05, 0.1) is 36.5 Å². The number of anilines is 1. The van der Waals surface area contributed by atoms with Crippen molar-refractivity contribution in [3.05, 3.63) is 77.6 Å². The molecule has 0 N–H and O–H groups in total. The van der Waals surface area contributed by atoms with Gasteiger partial charge in [-0.1, -0.05) is 29.5 Å². The second-order valence-electron chi connectivity index (χ2n) is 6.74. The quantitative estimate of drug-likeness (QED) is 0.446. The van der Waals surface area contributed by atoms with Crippen molar-refractivity contribution >= 4 is 32.6 Å². The summed E-state index contributed by atoms with van der Waals surface area (Å²) in [5.74, 6) is 0.848. The van der Waals surface area contributed by atoms with E-state index in [-0.39, 0.29) is 5.91 Å². The number of pyridine rings is 1. The number of hydrogen-bond acceptors (Lipinski definition) is 6. The number of carbonyl (C=O) groups excluding carboxylic acids is 1. The van der Waals surface area contributed by atoms with Crippen LogP contribution in [0.5, 0.6) is 11.5 Å². The van der Waals surface area contributed by atoms with Crippen molar-refractivity contribution in [2.75, 3.05) is 19.1 Å². The topological polar surface area (TPSA) is 64.6 Å². The van der Waals surface area contributed by atoms with E-state index in [0.717, 1.165) is 21.3 Å². The molecule has 4 aromatic rings. The molecule has 0 fully saturated rings. The predicted molar refractivity (Wildman–Crippen MR) is 119 cm³/mol. The lowest BCUT2D eigenvalue weighted by atomic mass is 10.1. The minimum Gasteiger partial charge on any atom is -0.497 e. The van der Waals surface area contributed by atoms with Crippen LogP contribution in [0.4, 0.5) is 5.13 Å². The van der Waals surface area contributed by atoms with Crippen molar-refractivity contribution in [1.29, 1.82) is 0 Å². The number of rotatable bonds is 6. The Morgan fingerprint density at radius 3 is 2.67 bits per heavy atom. The van der Waals surface area contributed by atoms with Crippen LogP contribution in [-0.2, 0) is 6.54 Å². The van der Waals surface area contributed by atoms with Crippen LogP contribution < -0.4 is 14.4 Å². The molecular formula is C23H21N3O3S. The van der Waals surface area contributed by atoms with Crippen molar-refractivity contribution in [3.8, 4) is 11.5 Å². The molecule has 4 rings (SSSR count). The molecule has 0 atom stereocenters. The second-order valence-corrected chi connectivity index (χ2v) is 7.75. The van der Waals surface area contributed by atoms with Gasteiger partial charge in [0, 0.05) is 12.4 Å². The predicted octanol–water partition coefficient (Wildman–Crippen LogP) is 4.86. The number of ether oxygens (including phenoxy) is 2. The summed E-state index contributed by atoms with van der Waals surface area (Å²) in [6, 6.07) is 15.0. The van der Waals surface area contributed by atoms with E-state index in [2.05, 4.69) is 4.98 Å². The first-order chi connectivity index (χ1) is 14.6. The molecule has 0 bridgehead atoms. The molecule has 152 valence electrons. The molecule has 0 saturated carbocycles. The maximum Gasteiger partial charge on any atom is 0.264 e. The van der Waals surface area contributed by atoms with Crippen LogP contribution in [0.25, 0.3) is 10.2 Å². The van der Waals surface area contributed by atoms with E-state index >= 15 is 0 Å². The Balaban J connectivity index is 1.82. The van der Waals surface area contributed by atoms with Crippen LogP contribution in [-0.4, -0.2) is 30.1 Å². The third-order valence-corrected chi connectivity index (χ3v) is 5.83. The summed E-state index contributed by atoms with van der Waals surface area (Å²) in [6.45, 7) is 2.36. The normalized spacial score (nSPS) is 10.8. The fourth-order valence-corrected chi connectivity index (χ4v) is 4.26. The Kier molecular flexibility index (Phi) is 5.63. The second kappa shape index (κ2) is 8.51. The van der Waals surface area contributed by atoms with Gasteiger partial charge in [0.1, 0.15) is 11.5 Å². The zero-order valence-electron chi connectivity index (χ0n) is 17.0. The van der Waals surface area contributed by atoms with Gasteiger partial charge < -0.3 is 9.47 Å². The molecule has 0 aliphatic heterocycles. The van der Waals surface area contributed by atoms with Crippen molar-refractivity contribution < 1.29 is 14.3 Å². The smallest absolute Gasteiger partial charge is 0.264 e. The molecule has 0 aliphatic rings. The Labute approximate surface area is 178 Å². The molecule has 0 unspecified atom stereocenters. The first-order valence-corrected chi connectivity index (χ1v) is 10.2. The summed E-state index contributed by atoms with van der Waals surface area (Å²) in [4.78, 5) is 24.3. The van der Waals surface area contributed by atoms with Crippen molar-refractivity contribution in [2.24, 2.45) is 0 Å². The Morgan fingerprint density at radius 2 is 1.97 bits per heavy atom. The zero-order valence-corrected chi connectivity index (χ0v) is 17.8. The number of aryl methyl sites for hydroxylation is 1. The monoisotopic (exact) mass is 419 g/mol. The highest BCUT2D eigenvalue weighted by Crippen LogP contribution is 2.34. The van der Waals surface area contributed by atoms with E-state index in [0.29, 0.717) is 28.7 Å². The minimum absolute atomic E-state index is 0.216. The third-order valence-electron chi connectivity index (χ3n) is 4.79. The first-order valence-electron chi connectivity index (χ1n) is 9.39. The van der Waals surface area contributed by atoms with Gasteiger partial charge in [0.2, 0.25) is 0 Å². The average molecular weight is 420 g/mol. The van der Waals surface area contributed by atoms with Gasteiger partial charge in [-0.05, 0) is 48.4 Å². The fourth-order valence-electron chi connectivity index (χ4n) is 3.22. The van der Waals surface area contributed by atoms with Gasteiger partial charge in [-0.15, -0.1) is 0 Å². The van der Waals surface area contributed by atoms with E-state index < -0.39 is 0 Å². The minimum atomic E-state index is -0.216. The summed E-state index contributed by atoms with van der Waals surface area (Å²) >= 11 is 1.49. The molecule has 30 heavy (non-hydrogen) atoms. The zero-order chi connectivity index (χ0) is 21.1. The van der Waals surface area contributed by atoms with Crippen LogP contribution >= 0.6 is 11.3 Å². The van der Waals surface area contributed by atoms with Gasteiger partial charge in [-0.3, -0.25) is 14.7 Å². The summed E-state index contributed by atoms with van der Waals surface area (Å²) in [7, 11) is 3.12. The highest BCUT2D eigenvalue weighted by molar-refractivity contribution is 7.22. The number of nitrogens with zero attached hydrogens (tertiary/aromatic N) is 3. The van der Waals surface area contributed by atoms with E-state index in [9.17, 15) is 4.79 Å². The summed E-state index contributed by atoms with van der Waals surface area (Å²) in [5, 5.41) is 0.623. The lowest BCUT2D eigenvalue weighted by Crippen LogP contribution is -2.30. The molecule has 0 saturated heterocycles. The van der Waals surface area contributed by atoms with Gasteiger partial charge in [-0.2, -0.15) is 0 Å². The summed E-state index contributed by atoms with van der Waals surface area (Å²) in [5.41, 5.74) is 3.29. The maximum atomic E-state index is 13.7. The SMILES string of the molecule is COc1ccc(OC)c(C(=O)N(Cc2cccnc2)c2nc3c(C)cccc3s2)c1. The number of thiazole rings is 1. The molecule has 2 aromatic heterocycles. The van der Waals surface area contributed by atoms with Crippen molar-refractivity contribution in [1.82, 2.24) is 9.97 Å². The standard InChI is InChI=1S/C23H21N3O3S/c1-15-6-4-8-20-21(15)25-23(30-20)26(14-16-7-5-11-24-13-16)22(27)18-12-17(28-2)9-10-19(18)29-3/h4-13H,14H2,1-3H3. The summed E-state index contributed by atoms with van der Waals surface area (Å²) < 4.78 is 11.8. The molecule has 0 aliphatic carbocycles. The fraction of sp³-hybridized carbons (Fsp3) is 0.174.